The van der Waals surface area contributed by atoms with Crippen molar-refractivity contribution in [2.24, 2.45) is 0 Å². The maximum absolute atomic E-state index is 13.7. The number of hydrogen-bond donors (Lipinski definition) is 1. The van der Waals surface area contributed by atoms with Crippen LogP contribution in [0.5, 0.6) is 5.88 Å². The number of pyridine rings is 1. The van der Waals surface area contributed by atoms with Crippen LogP contribution in [0.15, 0.2) is 42.7 Å². The highest BCUT2D eigenvalue weighted by Crippen LogP contribution is 2.38. The zero-order chi connectivity index (χ0) is 25.1. The van der Waals surface area contributed by atoms with E-state index in [1.165, 1.54) is 12.8 Å². The first-order chi connectivity index (χ1) is 17.5. The van der Waals surface area contributed by atoms with Crippen LogP contribution in [0.25, 0.3) is 11.3 Å². The lowest BCUT2D eigenvalue weighted by atomic mass is 9.97. The number of ether oxygens (including phenoxy) is 1. The summed E-state index contributed by atoms with van der Waals surface area (Å²) in [5.74, 6) is 0.627. The van der Waals surface area contributed by atoms with Crippen molar-refractivity contribution in [2.45, 2.75) is 64.5 Å². The van der Waals surface area contributed by atoms with Gasteiger partial charge in [0.1, 0.15) is 6.10 Å². The van der Waals surface area contributed by atoms with Crippen molar-refractivity contribution >= 4 is 18.0 Å². The lowest BCUT2D eigenvalue weighted by molar-refractivity contribution is -0.105. The fraction of sp³-hybridized carbons (Fsp3) is 0.429. The van der Waals surface area contributed by atoms with E-state index in [2.05, 4.69) is 15.0 Å². The number of carbonyl (C=O) groups excluding carboxylic acids is 2. The van der Waals surface area contributed by atoms with Crippen LogP contribution < -0.4 is 10.1 Å². The third kappa shape index (κ3) is 4.85. The number of nitrogens with one attached hydrogen (secondary N) is 1. The van der Waals surface area contributed by atoms with Crippen LogP contribution in [-0.2, 0) is 4.79 Å². The van der Waals surface area contributed by atoms with Crippen molar-refractivity contribution in [3.05, 3.63) is 59.4 Å². The highest BCUT2D eigenvalue weighted by atomic mass is 16.5. The zero-order valence-electron chi connectivity index (χ0n) is 20.9. The predicted molar refractivity (Wildman–Crippen MR) is 138 cm³/mol. The molecule has 5 rings (SSSR count). The van der Waals surface area contributed by atoms with Crippen molar-refractivity contribution in [3.8, 4) is 17.1 Å². The van der Waals surface area contributed by atoms with Gasteiger partial charge in [-0.2, -0.15) is 5.10 Å². The SMILES string of the molecule is Cc1cc(NC=O)c(-c2c(C)cnn2C2CCCC2)cc1C(=O)N1CCC(Oc2ccccn2)CC1. The first-order valence-corrected chi connectivity index (χ1v) is 12.8. The fourth-order valence-corrected chi connectivity index (χ4v) is 5.46. The summed E-state index contributed by atoms with van der Waals surface area (Å²) >= 11 is 0. The Morgan fingerprint density at radius 2 is 1.86 bits per heavy atom. The molecule has 2 aromatic heterocycles. The Bertz CT molecular complexity index is 1230. The standard InChI is InChI=1S/C28H33N5O3/c1-19-15-25(30-18-34)24(27-20(2)17-31-33(27)21-7-3-4-8-21)16-23(19)28(35)32-13-10-22(11-14-32)36-26-9-5-6-12-29-26/h5-6,9,12,15-18,21-22H,3-4,7-8,10-11,13-14H2,1-2H3,(H,30,34). The molecule has 2 amide bonds. The van der Waals surface area contributed by atoms with Gasteiger partial charge in [-0.1, -0.05) is 18.9 Å². The lowest BCUT2D eigenvalue weighted by Gasteiger charge is -2.32. The van der Waals surface area contributed by atoms with Gasteiger partial charge >= 0.3 is 0 Å². The van der Waals surface area contributed by atoms with Gasteiger partial charge in [0.15, 0.2) is 0 Å². The van der Waals surface area contributed by atoms with Crippen LogP contribution >= 0.6 is 0 Å². The second kappa shape index (κ2) is 10.5. The summed E-state index contributed by atoms with van der Waals surface area (Å²) in [6.45, 7) is 5.20. The van der Waals surface area contributed by atoms with E-state index in [0.29, 0.717) is 42.7 Å². The largest absolute Gasteiger partial charge is 0.474 e. The second-order valence-electron chi connectivity index (χ2n) is 9.81. The van der Waals surface area contributed by atoms with E-state index in [-0.39, 0.29) is 12.0 Å². The number of piperidine rings is 1. The van der Waals surface area contributed by atoms with Crippen molar-refractivity contribution in [2.75, 3.05) is 18.4 Å². The Hall–Kier alpha value is -3.68. The number of carbonyl (C=O) groups is 2. The van der Waals surface area contributed by atoms with E-state index < -0.39 is 0 Å². The number of benzene rings is 1. The van der Waals surface area contributed by atoms with Gasteiger partial charge in [0.25, 0.3) is 5.91 Å². The molecule has 1 aromatic carbocycles. The number of aryl methyl sites for hydroxylation is 2. The third-order valence-corrected chi connectivity index (χ3v) is 7.37. The van der Waals surface area contributed by atoms with Crippen LogP contribution in [0, 0.1) is 13.8 Å². The molecule has 2 fully saturated rings. The van der Waals surface area contributed by atoms with Gasteiger partial charge in [-0.25, -0.2) is 4.98 Å². The number of aromatic nitrogens is 3. The minimum atomic E-state index is 0.00674. The summed E-state index contributed by atoms with van der Waals surface area (Å²) in [6, 6.07) is 9.81. The molecule has 3 aromatic rings. The Morgan fingerprint density at radius 3 is 2.56 bits per heavy atom. The molecular weight excluding hydrogens is 454 g/mol. The van der Waals surface area contributed by atoms with Gasteiger partial charge in [0.05, 0.1) is 23.6 Å². The van der Waals surface area contributed by atoms with Crippen LogP contribution in [0.2, 0.25) is 0 Å². The molecular formula is C28H33N5O3. The Balaban J connectivity index is 1.40. The summed E-state index contributed by atoms with van der Waals surface area (Å²) in [7, 11) is 0. The average Bonchev–Trinajstić information content (AvgIpc) is 3.55. The monoisotopic (exact) mass is 487 g/mol. The summed E-state index contributed by atoms with van der Waals surface area (Å²) in [5.41, 5.74) is 5.04. The second-order valence-corrected chi connectivity index (χ2v) is 9.81. The van der Waals surface area contributed by atoms with Gasteiger partial charge in [-0.15, -0.1) is 0 Å². The Labute approximate surface area is 211 Å². The van der Waals surface area contributed by atoms with Crippen LogP contribution in [0.4, 0.5) is 5.69 Å². The first-order valence-electron chi connectivity index (χ1n) is 12.8. The predicted octanol–water partition coefficient (Wildman–Crippen LogP) is 4.93. The molecule has 3 heterocycles. The maximum Gasteiger partial charge on any atom is 0.254 e. The molecule has 0 unspecified atom stereocenters. The Morgan fingerprint density at radius 1 is 1.08 bits per heavy atom. The van der Waals surface area contributed by atoms with E-state index >= 15 is 0 Å². The molecule has 0 spiro atoms. The molecule has 36 heavy (non-hydrogen) atoms. The highest BCUT2D eigenvalue weighted by molar-refractivity contribution is 5.99. The van der Waals surface area contributed by atoms with Crippen molar-refractivity contribution in [3.63, 3.8) is 0 Å². The van der Waals surface area contributed by atoms with E-state index in [0.717, 1.165) is 48.1 Å². The van der Waals surface area contributed by atoms with Gasteiger partial charge < -0.3 is 15.0 Å². The molecule has 8 heteroatoms. The number of nitrogens with zero attached hydrogens (tertiary/aromatic N) is 4. The minimum absolute atomic E-state index is 0.00674. The van der Waals surface area contributed by atoms with E-state index in [4.69, 9.17) is 9.84 Å². The molecule has 0 radical (unpaired) electrons. The van der Waals surface area contributed by atoms with Crippen molar-refractivity contribution in [1.29, 1.82) is 0 Å². The highest BCUT2D eigenvalue weighted by Gasteiger charge is 2.28. The maximum atomic E-state index is 13.7. The Kier molecular flexibility index (Phi) is 7.02. The summed E-state index contributed by atoms with van der Waals surface area (Å²) < 4.78 is 8.09. The quantitative estimate of drug-likeness (QED) is 0.478. The molecule has 8 nitrogen and oxygen atoms in total. The molecule has 0 atom stereocenters. The topological polar surface area (TPSA) is 89.4 Å². The van der Waals surface area contributed by atoms with E-state index in [9.17, 15) is 9.59 Å². The number of likely N-dealkylation sites (tertiary alicyclic amines) is 1. The molecule has 188 valence electrons. The minimum Gasteiger partial charge on any atom is -0.474 e. The molecule has 1 saturated carbocycles. The molecule has 2 aliphatic rings. The third-order valence-electron chi connectivity index (χ3n) is 7.37. The fourth-order valence-electron chi connectivity index (χ4n) is 5.46. The van der Waals surface area contributed by atoms with Crippen molar-refractivity contribution in [1.82, 2.24) is 19.7 Å². The van der Waals surface area contributed by atoms with Gasteiger partial charge in [0, 0.05) is 49.3 Å². The number of rotatable bonds is 7. The van der Waals surface area contributed by atoms with Gasteiger partial charge in [-0.3, -0.25) is 14.3 Å². The number of amides is 2. The first kappa shape index (κ1) is 24.0. The molecule has 0 bridgehead atoms. The van der Waals surface area contributed by atoms with Crippen molar-refractivity contribution < 1.29 is 14.3 Å². The number of hydrogen-bond acceptors (Lipinski definition) is 5. The normalized spacial score (nSPS) is 16.8. The lowest BCUT2D eigenvalue weighted by Crippen LogP contribution is -2.42. The molecule has 1 aliphatic heterocycles. The summed E-state index contributed by atoms with van der Waals surface area (Å²) in [4.78, 5) is 31.2. The van der Waals surface area contributed by atoms with Crippen LogP contribution in [0.3, 0.4) is 0 Å². The number of anilines is 1. The zero-order valence-corrected chi connectivity index (χ0v) is 20.9. The van der Waals surface area contributed by atoms with E-state index in [1.54, 1.807) is 6.20 Å². The van der Waals surface area contributed by atoms with Crippen LogP contribution in [-0.4, -0.2) is 51.2 Å². The van der Waals surface area contributed by atoms with E-state index in [1.807, 2.05) is 55.3 Å². The van der Waals surface area contributed by atoms with Crippen LogP contribution in [0.1, 0.15) is 66.1 Å². The summed E-state index contributed by atoms with van der Waals surface area (Å²) in [6.07, 6.45) is 10.4. The molecule has 1 N–H and O–H groups in total. The summed E-state index contributed by atoms with van der Waals surface area (Å²) in [5, 5.41) is 7.55. The van der Waals surface area contributed by atoms with Gasteiger partial charge in [-0.05, 0) is 56.0 Å². The molecule has 1 aliphatic carbocycles. The smallest absolute Gasteiger partial charge is 0.254 e. The average molecular weight is 488 g/mol. The molecule has 1 saturated heterocycles. The van der Waals surface area contributed by atoms with Gasteiger partial charge in [0.2, 0.25) is 12.3 Å².